The molecule has 0 unspecified atom stereocenters. The predicted octanol–water partition coefficient (Wildman–Crippen LogP) is 4.15. The van der Waals surface area contributed by atoms with E-state index in [0.717, 1.165) is 42.6 Å². The molecule has 0 radical (unpaired) electrons. The van der Waals surface area contributed by atoms with Gasteiger partial charge in [0.2, 0.25) is 5.91 Å². The van der Waals surface area contributed by atoms with Crippen molar-refractivity contribution in [3.05, 3.63) is 34.9 Å². The topological polar surface area (TPSA) is 57.7 Å². The summed E-state index contributed by atoms with van der Waals surface area (Å²) in [6, 6.07) is 7.83. The monoisotopic (exact) mass is 478 g/mol. The minimum Gasteiger partial charge on any atom is -0.332 e. The van der Waals surface area contributed by atoms with Gasteiger partial charge in [-0.25, -0.2) is 8.42 Å². The predicted molar refractivity (Wildman–Crippen MR) is 127 cm³/mol. The fraction of sp³-hybridized carbons (Fsp3) is 0.720. The molecule has 1 aromatic carbocycles. The summed E-state index contributed by atoms with van der Waals surface area (Å²) in [5.41, 5.74) is 1.08. The molecule has 176 valence electrons. The summed E-state index contributed by atoms with van der Waals surface area (Å²) in [7, 11) is -2.98. The number of halogens is 1. The first kappa shape index (κ1) is 22.7. The molecule has 6 rings (SSSR count). The number of sulfone groups is 1. The molecule has 0 spiro atoms. The number of rotatable bonds is 7. The van der Waals surface area contributed by atoms with Gasteiger partial charge < -0.3 is 4.90 Å². The summed E-state index contributed by atoms with van der Waals surface area (Å²) in [6.07, 6.45) is 8.03. The summed E-state index contributed by atoms with van der Waals surface area (Å²) >= 11 is 6.11. The zero-order chi connectivity index (χ0) is 22.5. The highest BCUT2D eigenvalue weighted by Gasteiger charge is 2.54. The van der Waals surface area contributed by atoms with Gasteiger partial charge in [0.15, 0.2) is 9.84 Å². The van der Waals surface area contributed by atoms with E-state index in [2.05, 4.69) is 9.80 Å². The van der Waals surface area contributed by atoms with Crippen LogP contribution in [0.3, 0.4) is 0 Å². The molecular formula is C25H35ClN2O3S. The van der Waals surface area contributed by atoms with Crippen LogP contribution in [-0.4, -0.2) is 60.3 Å². The molecule has 7 heteroatoms. The zero-order valence-corrected chi connectivity index (χ0v) is 20.6. The highest BCUT2D eigenvalue weighted by Crippen LogP contribution is 2.58. The molecule has 4 aliphatic carbocycles. The number of nitrogens with zero attached hydrogens (tertiary/aromatic N) is 2. The fourth-order valence-electron chi connectivity index (χ4n) is 7.51. The SMILES string of the molecule is CCN(CC(=O)N(Cc1ccc(Cl)cc1)C12CC3CC(CC(C3)C1)C2)[C@H]1CCS(=O)(=O)C1. The quantitative estimate of drug-likeness (QED) is 0.590. The number of amides is 1. The third-order valence-corrected chi connectivity index (χ3v) is 10.6. The first-order valence-corrected chi connectivity index (χ1v) is 14.4. The van der Waals surface area contributed by atoms with Crippen molar-refractivity contribution < 1.29 is 13.2 Å². The van der Waals surface area contributed by atoms with Gasteiger partial charge in [0.1, 0.15) is 0 Å². The molecular weight excluding hydrogens is 444 g/mol. The molecule has 1 saturated heterocycles. The Balaban J connectivity index is 1.40. The molecule has 5 nitrogen and oxygen atoms in total. The molecule has 1 aliphatic heterocycles. The van der Waals surface area contributed by atoms with Crippen molar-refractivity contribution in [1.82, 2.24) is 9.80 Å². The lowest BCUT2D eigenvalue weighted by Gasteiger charge is -2.60. The van der Waals surface area contributed by atoms with Crippen LogP contribution in [0.1, 0.15) is 57.4 Å². The van der Waals surface area contributed by atoms with Crippen molar-refractivity contribution in [2.75, 3.05) is 24.6 Å². The number of hydrogen-bond acceptors (Lipinski definition) is 4. The van der Waals surface area contributed by atoms with E-state index in [-0.39, 0.29) is 29.0 Å². The largest absolute Gasteiger partial charge is 0.332 e. The summed E-state index contributed by atoms with van der Waals surface area (Å²) in [5.74, 6) is 2.85. The smallest absolute Gasteiger partial charge is 0.237 e. The lowest BCUT2D eigenvalue weighted by molar-refractivity contribution is -0.154. The Morgan fingerprint density at radius 1 is 1.06 bits per heavy atom. The van der Waals surface area contributed by atoms with Crippen molar-refractivity contribution in [2.45, 2.75) is 70.0 Å². The Bertz CT molecular complexity index is 927. The van der Waals surface area contributed by atoms with E-state index in [4.69, 9.17) is 11.6 Å². The van der Waals surface area contributed by atoms with Crippen LogP contribution >= 0.6 is 11.6 Å². The summed E-state index contributed by atoms with van der Waals surface area (Å²) < 4.78 is 24.1. The van der Waals surface area contributed by atoms with Crippen LogP contribution in [0.5, 0.6) is 0 Å². The average Bonchev–Trinajstić information content (AvgIpc) is 3.09. The van der Waals surface area contributed by atoms with Crippen molar-refractivity contribution in [2.24, 2.45) is 17.8 Å². The van der Waals surface area contributed by atoms with Crippen LogP contribution in [0.15, 0.2) is 24.3 Å². The maximum Gasteiger partial charge on any atom is 0.237 e. The number of hydrogen-bond donors (Lipinski definition) is 0. The van der Waals surface area contributed by atoms with Crippen molar-refractivity contribution >= 4 is 27.3 Å². The van der Waals surface area contributed by atoms with Crippen LogP contribution in [0, 0.1) is 17.8 Å². The van der Waals surface area contributed by atoms with Crippen LogP contribution in [0.2, 0.25) is 5.02 Å². The molecule has 1 aromatic rings. The molecule has 5 aliphatic rings. The molecule has 4 bridgehead atoms. The molecule has 1 heterocycles. The molecule has 0 N–H and O–H groups in total. The van der Waals surface area contributed by atoms with Crippen LogP contribution in [0.4, 0.5) is 0 Å². The molecule has 0 aromatic heterocycles. The van der Waals surface area contributed by atoms with E-state index in [1.165, 1.54) is 19.3 Å². The third kappa shape index (κ3) is 4.47. The van der Waals surface area contributed by atoms with Gasteiger partial charge in [0, 0.05) is 23.1 Å². The van der Waals surface area contributed by atoms with Crippen LogP contribution in [-0.2, 0) is 21.2 Å². The Morgan fingerprint density at radius 3 is 2.16 bits per heavy atom. The lowest BCUT2D eigenvalue weighted by atomic mass is 9.52. The second kappa shape index (κ2) is 8.59. The average molecular weight is 479 g/mol. The van der Waals surface area contributed by atoms with E-state index in [9.17, 15) is 13.2 Å². The molecule has 32 heavy (non-hydrogen) atoms. The Hall–Kier alpha value is -1.11. The van der Waals surface area contributed by atoms with Crippen molar-refractivity contribution in [3.63, 3.8) is 0 Å². The minimum absolute atomic E-state index is 0.0351. The third-order valence-electron chi connectivity index (χ3n) is 8.60. The second-order valence-corrected chi connectivity index (χ2v) is 13.5. The Morgan fingerprint density at radius 2 is 1.66 bits per heavy atom. The first-order valence-electron chi connectivity index (χ1n) is 12.2. The number of benzene rings is 1. The summed E-state index contributed by atoms with van der Waals surface area (Å²) in [6.45, 7) is 3.66. The Kier molecular flexibility index (Phi) is 6.09. The number of carbonyl (C=O) groups excluding carboxylic acids is 1. The van der Waals surface area contributed by atoms with Gasteiger partial charge in [-0.15, -0.1) is 0 Å². The van der Waals surface area contributed by atoms with E-state index >= 15 is 0 Å². The Labute approximate surface area is 197 Å². The second-order valence-electron chi connectivity index (χ2n) is 10.9. The maximum atomic E-state index is 13.9. The summed E-state index contributed by atoms with van der Waals surface area (Å²) in [5, 5.41) is 0.709. The van der Waals surface area contributed by atoms with Gasteiger partial charge in [-0.3, -0.25) is 9.69 Å². The number of carbonyl (C=O) groups is 1. The van der Waals surface area contributed by atoms with Crippen molar-refractivity contribution in [3.8, 4) is 0 Å². The normalized spacial score (nSPS) is 34.8. The number of likely N-dealkylation sites (N-methyl/N-ethyl adjacent to an activating group) is 1. The van der Waals surface area contributed by atoms with Gasteiger partial charge in [-0.1, -0.05) is 30.7 Å². The standard InChI is InChI=1S/C25H35ClN2O3S/c1-2-27(23-7-8-32(30,31)17-23)16-24(29)28(15-18-3-5-22(26)6-4-18)25-12-19-9-20(13-25)11-21(10-19)14-25/h3-6,19-21,23H,2,7-17H2,1H3/t19?,20?,21?,23-,25?/m0/s1. The summed E-state index contributed by atoms with van der Waals surface area (Å²) in [4.78, 5) is 18.2. The molecule has 1 amide bonds. The van der Waals surface area contributed by atoms with Gasteiger partial charge in [-0.2, -0.15) is 0 Å². The van der Waals surface area contributed by atoms with Gasteiger partial charge in [0.05, 0.1) is 18.1 Å². The van der Waals surface area contributed by atoms with Crippen molar-refractivity contribution in [1.29, 1.82) is 0 Å². The van der Waals surface area contributed by atoms with E-state index in [1.807, 2.05) is 31.2 Å². The maximum absolute atomic E-state index is 13.9. The van der Waals surface area contributed by atoms with E-state index in [1.54, 1.807) is 0 Å². The van der Waals surface area contributed by atoms with Crippen LogP contribution in [0.25, 0.3) is 0 Å². The molecule has 4 saturated carbocycles. The van der Waals surface area contributed by atoms with Gasteiger partial charge >= 0.3 is 0 Å². The zero-order valence-electron chi connectivity index (χ0n) is 19.0. The fourth-order valence-corrected chi connectivity index (χ4v) is 9.40. The van der Waals surface area contributed by atoms with Gasteiger partial charge in [-0.05, 0) is 86.9 Å². The molecule has 5 fully saturated rings. The van der Waals surface area contributed by atoms with E-state index in [0.29, 0.717) is 31.1 Å². The highest BCUT2D eigenvalue weighted by molar-refractivity contribution is 7.91. The van der Waals surface area contributed by atoms with E-state index < -0.39 is 9.84 Å². The van der Waals surface area contributed by atoms with Gasteiger partial charge in [0.25, 0.3) is 0 Å². The minimum atomic E-state index is -2.98. The first-order chi connectivity index (χ1) is 15.2. The van der Waals surface area contributed by atoms with Crippen LogP contribution < -0.4 is 0 Å². The highest BCUT2D eigenvalue weighted by atomic mass is 35.5. The lowest BCUT2D eigenvalue weighted by Crippen LogP contribution is -2.62. The molecule has 1 atom stereocenters.